The van der Waals surface area contributed by atoms with Gasteiger partial charge in [0.2, 0.25) is 0 Å². The highest BCUT2D eigenvalue weighted by Gasteiger charge is 2.40. The Labute approximate surface area is 152 Å². The van der Waals surface area contributed by atoms with Crippen molar-refractivity contribution >= 4 is 17.7 Å². The fourth-order valence-electron chi connectivity index (χ4n) is 3.51. The Morgan fingerprint density at radius 1 is 0.654 bits per heavy atom. The maximum absolute atomic E-state index is 13.2. The molecule has 2 aromatic rings. The molecule has 136 valence electrons. The van der Waals surface area contributed by atoms with Crippen LogP contribution in [-0.4, -0.2) is 27.9 Å². The van der Waals surface area contributed by atoms with Gasteiger partial charge in [-0.05, 0) is 61.1 Å². The van der Waals surface area contributed by atoms with Crippen molar-refractivity contribution in [3.8, 4) is 0 Å². The first-order valence-electron chi connectivity index (χ1n) is 8.28. The molecule has 0 radical (unpaired) electrons. The van der Waals surface area contributed by atoms with Gasteiger partial charge in [0.05, 0.1) is 0 Å². The normalized spacial score (nSPS) is 13.1. The van der Waals surface area contributed by atoms with E-state index in [1.165, 1.54) is 0 Å². The zero-order valence-corrected chi connectivity index (χ0v) is 15.2. The largest absolute Gasteiger partial charge is 0.480 e. The standard InChI is InChI=1S/C21H22O5/c1-11-7-5-8-12(2)15(11)17(20(23)24)19(22)18(21(25)26)16-13(3)9-6-10-14(16)4/h5-10,17-18H,1-4H3,(H,23,24)(H,25,26). The number of Topliss-reactive ketones (excluding diaryl/α,β-unsaturated/α-hetero) is 1. The summed E-state index contributed by atoms with van der Waals surface area (Å²) in [6.45, 7) is 6.89. The minimum absolute atomic E-state index is 0.363. The first-order chi connectivity index (χ1) is 12.2. The van der Waals surface area contributed by atoms with Gasteiger partial charge in [-0.25, -0.2) is 0 Å². The highest BCUT2D eigenvalue weighted by Crippen LogP contribution is 2.33. The van der Waals surface area contributed by atoms with E-state index in [2.05, 4.69) is 0 Å². The summed E-state index contributed by atoms with van der Waals surface area (Å²) in [7, 11) is 0. The van der Waals surface area contributed by atoms with Gasteiger partial charge in [-0.15, -0.1) is 0 Å². The van der Waals surface area contributed by atoms with Crippen molar-refractivity contribution < 1.29 is 24.6 Å². The highest BCUT2D eigenvalue weighted by atomic mass is 16.4. The van der Waals surface area contributed by atoms with Crippen molar-refractivity contribution in [2.75, 3.05) is 0 Å². The zero-order valence-electron chi connectivity index (χ0n) is 15.2. The molecule has 0 fully saturated rings. The summed E-state index contributed by atoms with van der Waals surface area (Å²) in [6, 6.07) is 10.4. The third-order valence-electron chi connectivity index (χ3n) is 4.72. The fraction of sp³-hybridized carbons (Fsp3) is 0.286. The molecule has 0 saturated carbocycles. The van der Waals surface area contributed by atoms with Crippen molar-refractivity contribution in [3.05, 3.63) is 69.8 Å². The third-order valence-corrected chi connectivity index (χ3v) is 4.72. The van der Waals surface area contributed by atoms with Gasteiger partial charge in [-0.1, -0.05) is 36.4 Å². The third kappa shape index (κ3) is 3.52. The van der Waals surface area contributed by atoms with E-state index in [1.807, 2.05) is 0 Å². The van der Waals surface area contributed by atoms with Gasteiger partial charge in [-0.3, -0.25) is 14.4 Å². The predicted octanol–water partition coefficient (Wildman–Crippen LogP) is 3.53. The number of hydrogen-bond donors (Lipinski definition) is 2. The van der Waals surface area contributed by atoms with E-state index in [0.29, 0.717) is 33.4 Å². The summed E-state index contributed by atoms with van der Waals surface area (Å²) < 4.78 is 0. The lowest BCUT2D eigenvalue weighted by Gasteiger charge is -2.23. The van der Waals surface area contributed by atoms with Crippen LogP contribution in [0.2, 0.25) is 0 Å². The number of benzene rings is 2. The number of carbonyl (C=O) groups excluding carboxylic acids is 1. The van der Waals surface area contributed by atoms with Gasteiger partial charge in [0, 0.05) is 0 Å². The molecule has 0 saturated heterocycles. The number of rotatable bonds is 6. The number of carboxylic acid groups (broad SMARTS) is 2. The topological polar surface area (TPSA) is 91.7 Å². The molecule has 2 unspecified atom stereocenters. The Bertz CT molecular complexity index is 770. The SMILES string of the molecule is Cc1cccc(C)c1C(C(=O)O)C(=O)C(C(=O)O)c1c(C)cccc1C. The van der Waals surface area contributed by atoms with Crippen molar-refractivity contribution in [1.82, 2.24) is 0 Å². The number of carbonyl (C=O) groups is 3. The number of aryl methyl sites for hydroxylation is 4. The lowest BCUT2D eigenvalue weighted by atomic mass is 9.78. The molecule has 2 rings (SSSR count). The molecular formula is C21H22O5. The van der Waals surface area contributed by atoms with E-state index in [-0.39, 0.29) is 0 Å². The van der Waals surface area contributed by atoms with Crippen LogP contribution < -0.4 is 0 Å². The van der Waals surface area contributed by atoms with Crippen molar-refractivity contribution in [1.29, 1.82) is 0 Å². The van der Waals surface area contributed by atoms with Crippen LogP contribution in [0.1, 0.15) is 45.2 Å². The maximum atomic E-state index is 13.2. The van der Waals surface area contributed by atoms with Crippen LogP contribution in [-0.2, 0) is 14.4 Å². The molecule has 2 atom stereocenters. The van der Waals surface area contributed by atoms with Crippen molar-refractivity contribution in [2.24, 2.45) is 0 Å². The molecular weight excluding hydrogens is 332 g/mol. The molecule has 5 nitrogen and oxygen atoms in total. The van der Waals surface area contributed by atoms with Crippen LogP contribution in [0.15, 0.2) is 36.4 Å². The lowest BCUT2D eigenvalue weighted by molar-refractivity contribution is -0.146. The Balaban J connectivity index is 2.67. The van der Waals surface area contributed by atoms with E-state index in [1.54, 1.807) is 64.1 Å². The molecule has 0 spiro atoms. The minimum Gasteiger partial charge on any atom is -0.480 e. The predicted molar refractivity (Wildman–Crippen MR) is 97.6 cm³/mol. The highest BCUT2D eigenvalue weighted by molar-refractivity contribution is 6.15. The second kappa shape index (κ2) is 7.52. The summed E-state index contributed by atoms with van der Waals surface area (Å²) >= 11 is 0. The first-order valence-corrected chi connectivity index (χ1v) is 8.28. The second-order valence-corrected chi connectivity index (χ2v) is 6.56. The molecule has 0 aromatic heterocycles. The molecule has 5 heteroatoms. The number of carboxylic acids is 2. The van der Waals surface area contributed by atoms with Gasteiger partial charge in [0.25, 0.3) is 0 Å². The van der Waals surface area contributed by atoms with Crippen LogP contribution >= 0.6 is 0 Å². The van der Waals surface area contributed by atoms with Gasteiger partial charge in [-0.2, -0.15) is 0 Å². The Kier molecular flexibility index (Phi) is 5.60. The summed E-state index contributed by atoms with van der Waals surface area (Å²) in [4.78, 5) is 37.1. The summed E-state index contributed by atoms with van der Waals surface area (Å²) in [6.07, 6.45) is 0. The lowest BCUT2D eigenvalue weighted by Crippen LogP contribution is -2.33. The molecule has 26 heavy (non-hydrogen) atoms. The van der Waals surface area contributed by atoms with Gasteiger partial charge in [0.15, 0.2) is 5.78 Å². The number of aliphatic carboxylic acids is 2. The Morgan fingerprint density at radius 2 is 0.923 bits per heavy atom. The fourth-order valence-corrected chi connectivity index (χ4v) is 3.51. The van der Waals surface area contributed by atoms with Crippen LogP contribution in [0.3, 0.4) is 0 Å². The molecule has 0 aliphatic rings. The van der Waals surface area contributed by atoms with E-state index >= 15 is 0 Å². The average Bonchev–Trinajstić information content (AvgIpc) is 2.53. The monoisotopic (exact) mass is 354 g/mol. The van der Waals surface area contributed by atoms with Gasteiger partial charge >= 0.3 is 11.9 Å². The van der Waals surface area contributed by atoms with Gasteiger partial charge < -0.3 is 10.2 Å². The van der Waals surface area contributed by atoms with Crippen molar-refractivity contribution in [3.63, 3.8) is 0 Å². The van der Waals surface area contributed by atoms with Crippen molar-refractivity contribution in [2.45, 2.75) is 39.5 Å². The van der Waals surface area contributed by atoms with Crippen LogP contribution in [0, 0.1) is 27.7 Å². The molecule has 0 aliphatic carbocycles. The second-order valence-electron chi connectivity index (χ2n) is 6.56. The molecule has 0 amide bonds. The summed E-state index contributed by atoms with van der Waals surface area (Å²) in [5.41, 5.74) is 3.32. The quantitative estimate of drug-likeness (QED) is 0.774. The zero-order chi connectivity index (χ0) is 19.6. The Morgan fingerprint density at radius 3 is 1.15 bits per heavy atom. The van der Waals surface area contributed by atoms with Crippen LogP contribution in [0.25, 0.3) is 0 Å². The molecule has 0 heterocycles. The maximum Gasteiger partial charge on any atom is 0.318 e. The molecule has 2 aromatic carbocycles. The molecule has 2 N–H and O–H groups in total. The number of hydrogen-bond acceptors (Lipinski definition) is 3. The molecule has 0 aliphatic heterocycles. The summed E-state index contributed by atoms with van der Waals surface area (Å²) in [5, 5.41) is 19.5. The Hall–Kier alpha value is -2.95. The van der Waals surface area contributed by atoms with E-state index in [9.17, 15) is 24.6 Å². The smallest absolute Gasteiger partial charge is 0.318 e. The van der Waals surface area contributed by atoms with Crippen LogP contribution in [0.4, 0.5) is 0 Å². The summed E-state index contributed by atoms with van der Waals surface area (Å²) in [5.74, 6) is -6.58. The first kappa shape index (κ1) is 19.4. The molecule has 0 bridgehead atoms. The minimum atomic E-state index is -1.53. The van der Waals surface area contributed by atoms with E-state index in [4.69, 9.17) is 0 Å². The number of ketones is 1. The van der Waals surface area contributed by atoms with E-state index < -0.39 is 29.6 Å². The van der Waals surface area contributed by atoms with Gasteiger partial charge in [0.1, 0.15) is 11.8 Å². The van der Waals surface area contributed by atoms with Crippen LogP contribution in [0.5, 0.6) is 0 Å². The van der Waals surface area contributed by atoms with E-state index in [0.717, 1.165) is 0 Å². The average molecular weight is 354 g/mol.